The van der Waals surface area contributed by atoms with Crippen molar-refractivity contribution in [1.29, 1.82) is 0 Å². The first-order chi connectivity index (χ1) is 16.8. The fraction of sp³-hybridized carbons (Fsp3) is 0.200. The van der Waals surface area contributed by atoms with E-state index in [0.717, 1.165) is 23.0 Å². The van der Waals surface area contributed by atoms with E-state index >= 15 is 0 Å². The van der Waals surface area contributed by atoms with Gasteiger partial charge in [0.2, 0.25) is 0 Å². The summed E-state index contributed by atoms with van der Waals surface area (Å²) >= 11 is 6.24. The SMILES string of the molecule is CCOC(=O)COc1ccc(OCc2nn(-c3ccc(C(F)(F)F)cc3)c3ccccc23)cc1Cl. The molecule has 6 nitrogen and oxygen atoms in total. The molecule has 0 aliphatic rings. The molecule has 182 valence electrons. The molecule has 0 N–H and O–H groups in total. The molecule has 0 fully saturated rings. The van der Waals surface area contributed by atoms with Gasteiger partial charge in [-0.2, -0.15) is 18.3 Å². The molecule has 0 amide bonds. The number of benzene rings is 3. The van der Waals surface area contributed by atoms with Crippen LogP contribution in [0.3, 0.4) is 0 Å². The number of fused-ring (bicyclic) bond motifs is 1. The third-order valence-corrected chi connectivity index (χ3v) is 5.33. The number of hydrogen-bond acceptors (Lipinski definition) is 5. The molecule has 0 bridgehead atoms. The number of ether oxygens (including phenoxy) is 3. The van der Waals surface area contributed by atoms with Crippen molar-refractivity contribution < 1.29 is 32.2 Å². The number of alkyl halides is 3. The Kier molecular flexibility index (Phi) is 7.16. The Balaban J connectivity index is 1.52. The number of rotatable bonds is 8. The molecular formula is C25H20ClF3N2O4. The van der Waals surface area contributed by atoms with E-state index in [-0.39, 0.29) is 24.8 Å². The highest BCUT2D eigenvalue weighted by Crippen LogP contribution is 2.32. The van der Waals surface area contributed by atoms with E-state index in [1.807, 2.05) is 24.3 Å². The zero-order valence-electron chi connectivity index (χ0n) is 18.5. The quantitative estimate of drug-likeness (QED) is 0.267. The van der Waals surface area contributed by atoms with Gasteiger partial charge in [-0.05, 0) is 49.4 Å². The number of nitrogens with zero attached hydrogens (tertiary/aromatic N) is 2. The lowest BCUT2D eigenvalue weighted by molar-refractivity contribution is -0.145. The summed E-state index contributed by atoms with van der Waals surface area (Å²) in [6.45, 7) is 1.79. The molecule has 0 saturated carbocycles. The van der Waals surface area contributed by atoms with Crippen LogP contribution in [-0.2, 0) is 22.3 Å². The van der Waals surface area contributed by atoms with Crippen LogP contribution in [0.15, 0.2) is 66.7 Å². The molecule has 1 heterocycles. The van der Waals surface area contributed by atoms with Crippen LogP contribution in [0.2, 0.25) is 5.02 Å². The van der Waals surface area contributed by atoms with Crippen molar-refractivity contribution in [2.45, 2.75) is 19.7 Å². The molecule has 0 unspecified atom stereocenters. The molecule has 0 aliphatic heterocycles. The number of para-hydroxylation sites is 1. The maximum atomic E-state index is 12.9. The summed E-state index contributed by atoms with van der Waals surface area (Å²) in [5.74, 6) is 0.259. The minimum Gasteiger partial charge on any atom is -0.487 e. The van der Waals surface area contributed by atoms with Crippen LogP contribution in [0.4, 0.5) is 13.2 Å². The van der Waals surface area contributed by atoms with Gasteiger partial charge in [0.25, 0.3) is 0 Å². The zero-order chi connectivity index (χ0) is 25.0. The van der Waals surface area contributed by atoms with Crippen molar-refractivity contribution in [3.63, 3.8) is 0 Å². The Morgan fingerprint density at radius 3 is 2.46 bits per heavy atom. The maximum Gasteiger partial charge on any atom is 0.416 e. The lowest BCUT2D eigenvalue weighted by Gasteiger charge is -2.10. The van der Waals surface area contributed by atoms with Crippen molar-refractivity contribution in [2.75, 3.05) is 13.2 Å². The van der Waals surface area contributed by atoms with Gasteiger partial charge in [-0.3, -0.25) is 0 Å². The normalized spacial score (nSPS) is 11.5. The summed E-state index contributed by atoms with van der Waals surface area (Å²) in [5.41, 5.74) is 1.09. The van der Waals surface area contributed by atoms with Crippen molar-refractivity contribution in [3.05, 3.63) is 83.0 Å². The van der Waals surface area contributed by atoms with Crippen LogP contribution >= 0.6 is 11.6 Å². The van der Waals surface area contributed by atoms with Crippen molar-refractivity contribution in [3.8, 4) is 17.2 Å². The molecule has 4 aromatic rings. The predicted molar refractivity (Wildman–Crippen MR) is 124 cm³/mol. The number of hydrogen-bond donors (Lipinski definition) is 0. The second kappa shape index (κ2) is 10.3. The number of carbonyl (C=O) groups is 1. The largest absolute Gasteiger partial charge is 0.487 e. The molecule has 1 aromatic heterocycles. The van der Waals surface area contributed by atoms with E-state index < -0.39 is 17.7 Å². The van der Waals surface area contributed by atoms with E-state index in [4.69, 9.17) is 25.8 Å². The van der Waals surface area contributed by atoms with Gasteiger partial charge in [0.1, 0.15) is 23.8 Å². The smallest absolute Gasteiger partial charge is 0.416 e. The van der Waals surface area contributed by atoms with E-state index in [2.05, 4.69) is 5.10 Å². The van der Waals surface area contributed by atoms with Crippen molar-refractivity contribution >= 4 is 28.5 Å². The Morgan fingerprint density at radius 2 is 1.77 bits per heavy atom. The Labute approximate surface area is 203 Å². The van der Waals surface area contributed by atoms with Gasteiger partial charge in [-0.1, -0.05) is 29.8 Å². The summed E-state index contributed by atoms with van der Waals surface area (Å²) in [7, 11) is 0. The molecule has 0 saturated heterocycles. The van der Waals surface area contributed by atoms with Crippen LogP contribution in [0, 0.1) is 0 Å². The maximum absolute atomic E-state index is 12.9. The van der Waals surface area contributed by atoms with Crippen molar-refractivity contribution in [2.24, 2.45) is 0 Å². The topological polar surface area (TPSA) is 62.6 Å². The lowest BCUT2D eigenvalue weighted by Crippen LogP contribution is -2.14. The van der Waals surface area contributed by atoms with Gasteiger partial charge in [0.15, 0.2) is 6.61 Å². The van der Waals surface area contributed by atoms with Gasteiger partial charge in [0.05, 0.1) is 28.4 Å². The third-order valence-electron chi connectivity index (χ3n) is 5.03. The first kappa shape index (κ1) is 24.4. The lowest BCUT2D eigenvalue weighted by atomic mass is 10.2. The van der Waals surface area contributed by atoms with Gasteiger partial charge in [-0.25, -0.2) is 9.48 Å². The Bertz CT molecular complexity index is 1340. The van der Waals surface area contributed by atoms with E-state index in [0.29, 0.717) is 22.9 Å². The average molecular weight is 505 g/mol. The molecule has 35 heavy (non-hydrogen) atoms. The molecule has 0 radical (unpaired) electrons. The fourth-order valence-electron chi connectivity index (χ4n) is 3.41. The summed E-state index contributed by atoms with van der Waals surface area (Å²) in [6.07, 6.45) is -4.41. The van der Waals surface area contributed by atoms with Gasteiger partial charge < -0.3 is 14.2 Å². The number of aromatic nitrogens is 2. The van der Waals surface area contributed by atoms with E-state index in [1.165, 1.54) is 12.1 Å². The first-order valence-electron chi connectivity index (χ1n) is 10.6. The summed E-state index contributed by atoms with van der Waals surface area (Å²) in [5, 5.41) is 5.63. The van der Waals surface area contributed by atoms with Crippen LogP contribution in [0.5, 0.6) is 11.5 Å². The van der Waals surface area contributed by atoms with Crippen LogP contribution in [-0.4, -0.2) is 29.0 Å². The second-order valence-corrected chi connectivity index (χ2v) is 7.80. The first-order valence-corrected chi connectivity index (χ1v) is 11.0. The number of carbonyl (C=O) groups excluding carboxylic acids is 1. The minimum absolute atomic E-state index is 0.0908. The summed E-state index contributed by atoms with van der Waals surface area (Å²) in [6, 6.07) is 16.9. The standard InChI is InChI=1S/C25H20ClF3N2O4/c1-2-33-24(32)15-35-23-12-11-18(13-20(23)26)34-14-21-19-5-3-4-6-22(19)31(30-21)17-9-7-16(8-10-17)25(27,28)29/h3-13H,2,14-15H2,1H3. The minimum atomic E-state index is -4.41. The third kappa shape index (κ3) is 5.68. The molecular weight excluding hydrogens is 485 g/mol. The zero-order valence-corrected chi connectivity index (χ0v) is 19.3. The summed E-state index contributed by atoms with van der Waals surface area (Å²) < 4.78 is 56.4. The fourth-order valence-corrected chi connectivity index (χ4v) is 3.63. The average Bonchev–Trinajstić information content (AvgIpc) is 3.20. The molecule has 0 spiro atoms. The highest BCUT2D eigenvalue weighted by molar-refractivity contribution is 6.32. The van der Waals surface area contributed by atoms with Crippen LogP contribution in [0.25, 0.3) is 16.6 Å². The molecule has 0 aliphatic carbocycles. The molecule has 4 rings (SSSR count). The van der Waals surface area contributed by atoms with Gasteiger partial charge >= 0.3 is 12.1 Å². The predicted octanol–water partition coefficient (Wildman–Crippen LogP) is 6.22. The highest BCUT2D eigenvalue weighted by atomic mass is 35.5. The highest BCUT2D eigenvalue weighted by Gasteiger charge is 2.30. The summed E-state index contributed by atoms with van der Waals surface area (Å²) in [4.78, 5) is 11.5. The molecule has 3 aromatic carbocycles. The van der Waals surface area contributed by atoms with Gasteiger partial charge in [-0.15, -0.1) is 0 Å². The molecule has 10 heteroatoms. The van der Waals surface area contributed by atoms with E-state index in [1.54, 1.807) is 29.8 Å². The Hall–Kier alpha value is -3.72. The van der Waals surface area contributed by atoms with Gasteiger partial charge in [0, 0.05) is 11.5 Å². The second-order valence-electron chi connectivity index (χ2n) is 7.39. The Morgan fingerprint density at radius 1 is 1.03 bits per heavy atom. The number of esters is 1. The monoisotopic (exact) mass is 504 g/mol. The molecule has 0 atom stereocenters. The van der Waals surface area contributed by atoms with Crippen molar-refractivity contribution in [1.82, 2.24) is 9.78 Å². The van der Waals surface area contributed by atoms with E-state index in [9.17, 15) is 18.0 Å². The number of halogens is 4. The van der Waals surface area contributed by atoms with Crippen LogP contribution in [0.1, 0.15) is 18.2 Å². The van der Waals surface area contributed by atoms with Crippen LogP contribution < -0.4 is 9.47 Å².